The van der Waals surface area contributed by atoms with Gasteiger partial charge in [0.15, 0.2) is 0 Å². The van der Waals surface area contributed by atoms with Gasteiger partial charge in [-0.15, -0.1) is 0 Å². The lowest BCUT2D eigenvalue weighted by atomic mass is 10.1. The van der Waals surface area contributed by atoms with Crippen molar-refractivity contribution < 1.29 is 13.2 Å². The van der Waals surface area contributed by atoms with Crippen molar-refractivity contribution in [1.29, 1.82) is 0 Å². The van der Waals surface area contributed by atoms with Crippen LogP contribution >= 0.6 is 27.7 Å². The normalized spacial score (nSPS) is 11.9. The molecule has 0 aliphatic rings. The Bertz CT molecular complexity index is 1120. The van der Waals surface area contributed by atoms with Gasteiger partial charge in [0, 0.05) is 28.2 Å². The summed E-state index contributed by atoms with van der Waals surface area (Å²) >= 11 is 4.80. The third-order valence-corrected chi connectivity index (χ3v) is 5.72. The van der Waals surface area contributed by atoms with Crippen molar-refractivity contribution in [2.45, 2.75) is 17.0 Å². The first-order chi connectivity index (χ1) is 13.4. The van der Waals surface area contributed by atoms with Gasteiger partial charge >= 0.3 is 6.18 Å². The molecule has 0 unspecified atom stereocenters. The maximum absolute atomic E-state index is 12.9. The first kappa shape index (κ1) is 19.0. The average Bonchev–Trinajstić information content (AvgIpc) is 3.11. The summed E-state index contributed by atoms with van der Waals surface area (Å²) in [6, 6.07) is 15.1. The highest BCUT2D eigenvalue weighted by Gasteiger charge is 2.30. The van der Waals surface area contributed by atoms with E-state index in [9.17, 15) is 13.2 Å². The SMILES string of the molecule is FC(F)(F)c1cccc(CSc2nccn3nc(-c4ccc(Br)cc4)cc23)c1. The zero-order valence-electron chi connectivity index (χ0n) is 14.3. The number of halogens is 4. The molecule has 4 rings (SSSR count). The lowest BCUT2D eigenvalue weighted by Gasteiger charge is -2.08. The van der Waals surface area contributed by atoms with E-state index in [1.165, 1.54) is 23.9 Å². The number of aromatic nitrogens is 3. The summed E-state index contributed by atoms with van der Waals surface area (Å²) in [5.74, 6) is 0.384. The Kier molecular flexibility index (Phi) is 5.16. The fourth-order valence-electron chi connectivity index (χ4n) is 2.76. The van der Waals surface area contributed by atoms with Crippen molar-refractivity contribution >= 4 is 33.2 Å². The van der Waals surface area contributed by atoms with Gasteiger partial charge in [-0.1, -0.05) is 58.0 Å². The van der Waals surface area contributed by atoms with Gasteiger partial charge in [0.2, 0.25) is 0 Å². The second-order valence-corrected chi connectivity index (χ2v) is 7.97. The van der Waals surface area contributed by atoms with Crippen molar-refractivity contribution in [2.75, 3.05) is 0 Å². The fraction of sp³-hybridized carbons (Fsp3) is 0.100. The summed E-state index contributed by atoms with van der Waals surface area (Å²) in [6.07, 6.45) is -0.949. The molecular weight excluding hydrogens is 451 g/mol. The van der Waals surface area contributed by atoms with E-state index < -0.39 is 11.7 Å². The molecule has 0 saturated heterocycles. The zero-order valence-corrected chi connectivity index (χ0v) is 16.7. The molecule has 2 heterocycles. The molecule has 0 saturated carbocycles. The van der Waals surface area contributed by atoms with E-state index >= 15 is 0 Å². The van der Waals surface area contributed by atoms with Gasteiger partial charge < -0.3 is 0 Å². The maximum Gasteiger partial charge on any atom is 0.416 e. The number of nitrogens with zero attached hydrogens (tertiary/aromatic N) is 3. The Hall–Kier alpha value is -2.32. The third kappa shape index (κ3) is 4.07. The Balaban J connectivity index is 1.60. The number of thioether (sulfide) groups is 1. The lowest BCUT2D eigenvalue weighted by Crippen LogP contribution is -2.04. The quantitative estimate of drug-likeness (QED) is 0.325. The van der Waals surface area contributed by atoms with E-state index in [4.69, 9.17) is 0 Å². The standard InChI is InChI=1S/C20H13BrF3N3S/c21-16-6-4-14(5-7-16)17-11-18-19(25-8-9-27(18)26-17)28-12-13-2-1-3-15(10-13)20(22,23)24/h1-11H,12H2. The van der Waals surface area contributed by atoms with Crippen LogP contribution in [0.2, 0.25) is 0 Å². The topological polar surface area (TPSA) is 30.2 Å². The van der Waals surface area contributed by atoms with Gasteiger partial charge in [-0.2, -0.15) is 18.3 Å². The second kappa shape index (κ2) is 7.60. The van der Waals surface area contributed by atoms with Crippen LogP contribution in [0.4, 0.5) is 13.2 Å². The molecule has 8 heteroatoms. The summed E-state index contributed by atoms with van der Waals surface area (Å²) in [5, 5.41) is 5.29. The van der Waals surface area contributed by atoms with Crippen LogP contribution < -0.4 is 0 Å². The summed E-state index contributed by atoms with van der Waals surface area (Å²) in [7, 11) is 0. The van der Waals surface area contributed by atoms with Gasteiger partial charge in [0.25, 0.3) is 0 Å². The molecule has 0 aliphatic heterocycles. The van der Waals surface area contributed by atoms with Crippen LogP contribution in [-0.2, 0) is 11.9 Å². The van der Waals surface area contributed by atoms with E-state index in [2.05, 4.69) is 26.0 Å². The molecule has 0 bridgehead atoms. The first-order valence-electron chi connectivity index (χ1n) is 8.29. The predicted molar refractivity (Wildman–Crippen MR) is 107 cm³/mol. The minimum Gasteiger partial charge on any atom is -0.246 e. The monoisotopic (exact) mass is 463 g/mol. The van der Waals surface area contributed by atoms with E-state index in [0.717, 1.165) is 32.3 Å². The second-order valence-electron chi connectivity index (χ2n) is 6.09. The van der Waals surface area contributed by atoms with Crippen molar-refractivity contribution in [3.8, 4) is 11.3 Å². The fourth-order valence-corrected chi connectivity index (χ4v) is 3.94. The van der Waals surface area contributed by atoms with Crippen molar-refractivity contribution in [3.63, 3.8) is 0 Å². The van der Waals surface area contributed by atoms with Crippen molar-refractivity contribution in [3.05, 3.63) is 82.6 Å². The molecule has 0 fully saturated rings. The molecule has 142 valence electrons. The van der Waals surface area contributed by atoms with Crippen LogP contribution in [0, 0.1) is 0 Å². The zero-order chi connectivity index (χ0) is 19.7. The maximum atomic E-state index is 12.9. The molecule has 0 N–H and O–H groups in total. The number of hydrogen-bond donors (Lipinski definition) is 0. The van der Waals surface area contributed by atoms with Crippen molar-refractivity contribution in [2.24, 2.45) is 0 Å². The third-order valence-electron chi connectivity index (χ3n) is 4.12. The molecule has 2 aromatic carbocycles. The minimum atomic E-state index is -4.34. The molecule has 2 aromatic heterocycles. The van der Waals surface area contributed by atoms with Crippen LogP contribution in [0.15, 0.2) is 76.5 Å². The Labute approximate surface area is 171 Å². The highest BCUT2D eigenvalue weighted by Crippen LogP contribution is 2.32. The number of fused-ring (bicyclic) bond motifs is 1. The molecule has 0 spiro atoms. The van der Waals surface area contributed by atoms with Crippen LogP contribution in [0.3, 0.4) is 0 Å². The molecule has 0 atom stereocenters. The summed E-state index contributed by atoms with van der Waals surface area (Å²) < 4.78 is 41.4. The average molecular weight is 464 g/mol. The van der Waals surface area contributed by atoms with Crippen LogP contribution in [0.5, 0.6) is 0 Å². The molecule has 3 nitrogen and oxygen atoms in total. The minimum absolute atomic E-state index is 0.384. The Morgan fingerprint density at radius 3 is 2.57 bits per heavy atom. The van der Waals surface area contributed by atoms with E-state index in [0.29, 0.717) is 11.3 Å². The van der Waals surface area contributed by atoms with Crippen molar-refractivity contribution in [1.82, 2.24) is 14.6 Å². The number of alkyl halides is 3. The Morgan fingerprint density at radius 1 is 1.04 bits per heavy atom. The van der Waals surface area contributed by atoms with E-state index in [-0.39, 0.29) is 0 Å². The Morgan fingerprint density at radius 2 is 1.82 bits per heavy atom. The van der Waals surface area contributed by atoms with Gasteiger partial charge in [0.05, 0.1) is 16.8 Å². The highest BCUT2D eigenvalue weighted by atomic mass is 79.9. The van der Waals surface area contributed by atoms with Gasteiger partial charge in [0.1, 0.15) is 5.03 Å². The summed E-state index contributed by atoms with van der Waals surface area (Å²) in [6.45, 7) is 0. The van der Waals surface area contributed by atoms with E-state index in [1.807, 2.05) is 30.3 Å². The van der Waals surface area contributed by atoms with Crippen LogP contribution in [0.1, 0.15) is 11.1 Å². The molecular formula is C20H13BrF3N3S. The molecule has 0 amide bonds. The molecule has 0 aliphatic carbocycles. The molecule has 4 aromatic rings. The van der Waals surface area contributed by atoms with Gasteiger partial charge in [-0.05, 0) is 29.8 Å². The van der Waals surface area contributed by atoms with Crippen LogP contribution in [-0.4, -0.2) is 14.6 Å². The van der Waals surface area contributed by atoms with E-state index in [1.54, 1.807) is 23.0 Å². The number of benzene rings is 2. The summed E-state index contributed by atoms with van der Waals surface area (Å²) in [4.78, 5) is 4.39. The van der Waals surface area contributed by atoms with Gasteiger partial charge in [-0.25, -0.2) is 9.50 Å². The first-order valence-corrected chi connectivity index (χ1v) is 10.1. The summed E-state index contributed by atoms with van der Waals surface area (Å²) in [5.41, 5.74) is 2.55. The number of hydrogen-bond acceptors (Lipinski definition) is 3. The smallest absolute Gasteiger partial charge is 0.246 e. The van der Waals surface area contributed by atoms with Gasteiger partial charge in [-0.3, -0.25) is 0 Å². The van der Waals surface area contributed by atoms with Crippen LogP contribution in [0.25, 0.3) is 16.8 Å². The number of rotatable bonds is 4. The largest absolute Gasteiger partial charge is 0.416 e. The highest BCUT2D eigenvalue weighted by molar-refractivity contribution is 9.10. The predicted octanol–water partition coefficient (Wildman–Crippen LogP) is 6.47. The lowest BCUT2D eigenvalue weighted by molar-refractivity contribution is -0.137. The molecule has 28 heavy (non-hydrogen) atoms. The molecule has 0 radical (unpaired) electrons.